The molecule has 116 valence electrons. The second-order valence-electron chi connectivity index (χ2n) is 3.34. The second-order valence-corrected chi connectivity index (χ2v) is 3.34. The van der Waals surface area contributed by atoms with Crippen LogP contribution in [0, 0.1) is 10.1 Å². The van der Waals surface area contributed by atoms with Crippen molar-refractivity contribution in [2.45, 2.75) is 12.8 Å². The van der Waals surface area contributed by atoms with Crippen molar-refractivity contribution in [1.82, 2.24) is 4.98 Å². The number of aromatic nitrogens is 1. The molecule has 0 aromatic carbocycles. The van der Waals surface area contributed by atoms with E-state index < -0.39 is 46.4 Å². The largest absolute Gasteiger partial charge is 0.573 e. The van der Waals surface area contributed by atoms with Crippen LogP contribution in [0.3, 0.4) is 0 Å². The predicted octanol–water partition coefficient (Wildman–Crippen LogP) is 2.61. The first-order chi connectivity index (χ1) is 9.58. The predicted molar refractivity (Wildman–Crippen MR) is 53.9 cm³/mol. The molecule has 0 saturated heterocycles. The Morgan fingerprint density at radius 3 is 2.38 bits per heavy atom. The van der Waals surface area contributed by atoms with Crippen molar-refractivity contribution >= 4 is 11.8 Å². The molecule has 0 bridgehead atoms. The van der Waals surface area contributed by atoms with Gasteiger partial charge >= 0.3 is 18.1 Å². The van der Waals surface area contributed by atoms with Crippen molar-refractivity contribution in [3.63, 3.8) is 0 Å². The third-order valence-electron chi connectivity index (χ3n) is 2.05. The van der Waals surface area contributed by atoms with Gasteiger partial charge < -0.3 is 19.6 Å². The number of halogens is 5. The molecule has 1 heterocycles. The maximum atomic E-state index is 12.7. The van der Waals surface area contributed by atoms with E-state index in [4.69, 9.17) is 0 Å². The molecule has 21 heavy (non-hydrogen) atoms. The Kier molecular flexibility index (Phi) is 4.60. The molecule has 0 N–H and O–H groups in total. The summed E-state index contributed by atoms with van der Waals surface area (Å²) >= 11 is 0. The number of methoxy groups -OCH3 is 1. The summed E-state index contributed by atoms with van der Waals surface area (Å²) in [6.45, 7) is 0. The Balaban J connectivity index is 3.68. The molecule has 0 radical (unpaired) electrons. The zero-order valence-electron chi connectivity index (χ0n) is 9.98. The number of nitro groups is 1. The van der Waals surface area contributed by atoms with Crippen molar-refractivity contribution < 1.29 is 41.1 Å². The summed E-state index contributed by atoms with van der Waals surface area (Å²) in [5.41, 5.74) is -2.88. The molecule has 0 aliphatic heterocycles. The van der Waals surface area contributed by atoms with Crippen LogP contribution in [-0.4, -0.2) is 29.3 Å². The normalized spacial score (nSPS) is 11.4. The van der Waals surface area contributed by atoms with Gasteiger partial charge in [0.05, 0.1) is 7.11 Å². The van der Waals surface area contributed by atoms with Crippen LogP contribution < -0.4 is 4.74 Å². The van der Waals surface area contributed by atoms with Gasteiger partial charge in [-0.1, -0.05) is 0 Å². The van der Waals surface area contributed by atoms with E-state index in [0.717, 1.165) is 0 Å². The number of ether oxygens (including phenoxy) is 2. The van der Waals surface area contributed by atoms with E-state index in [9.17, 15) is 36.9 Å². The number of carbonyl (C=O) groups is 1. The van der Waals surface area contributed by atoms with Gasteiger partial charge in [0.25, 0.3) is 6.43 Å². The molecule has 0 amide bonds. The quantitative estimate of drug-likeness (QED) is 0.367. The summed E-state index contributed by atoms with van der Waals surface area (Å²) in [6, 6.07) is 0. The Bertz CT molecular complexity index is 574. The Morgan fingerprint density at radius 2 is 2.00 bits per heavy atom. The van der Waals surface area contributed by atoms with Gasteiger partial charge in [-0.2, -0.15) is 0 Å². The van der Waals surface area contributed by atoms with Crippen molar-refractivity contribution in [3.05, 3.63) is 27.4 Å². The number of esters is 1. The number of nitrogens with zero attached hydrogens (tertiary/aromatic N) is 2. The first-order valence-corrected chi connectivity index (χ1v) is 4.88. The second kappa shape index (κ2) is 5.85. The molecule has 0 atom stereocenters. The summed E-state index contributed by atoms with van der Waals surface area (Å²) in [4.78, 5) is 23.6. The van der Waals surface area contributed by atoms with E-state index in [1.54, 1.807) is 0 Å². The average Bonchev–Trinajstić information content (AvgIpc) is 2.34. The molecule has 0 unspecified atom stereocenters. The van der Waals surface area contributed by atoms with Crippen molar-refractivity contribution in [2.24, 2.45) is 0 Å². The molecule has 1 aromatic heterocycles. The number of carbonyl (C=O) groups excluding carboxylic acids is 1. The maximum Gasteiger partial charge on any atom is 0.573 e. The highest BCUT2D eigenvalue weighted by Crippen LogP contribution is 2.39. The number of hydrogen-bond acceptors (Lipinski definition) is 6. The average molecular weight is 316 g/mol. The summed E-state index contributed by atoms with van der Waals surface area (Å²) in [7, 11) is 0.693. The van der Waals surface area contributed by atoms with Crippen LogP contribution >= 0.6 is 0 Å². The van der Waals surface area contributed by atoms with Gasteiger partial charge in [-0.25, -0.2) is 13.6 Å². The Labute approximate surface area is 112 Å². The van der Waals surface area contributed by atoms with Gasteiger partial charge in [-0.15, -0.1) is 13.2 Å². The van der Waals surface area contributed by atoms with Crippen molar-refractivity contribution in [2.75, 3.05) is 7.11 Å². The summed E-state index contributed by atoms with van der Waals surface area (Å²) < 4.78 is 69.5. The van der Waals surface area contributed by atoms with E-state index in [-0.39, 0.29) is 6.20 Å². The molecule has 1 rings (SSSR count). The summed E-state index contributed by atoms with van der Waals surface area (Å²) in [5.74, 6) is -4.78. The third-order valence-corrected chi connectivity index (χ3v) is 2.05. The third kappa shape index (κ3) is 3.73. The van der Waals surface area contributed by atoms with Crippen LogP contribution in [-0.2, 0) is 4.74 Å². The van der Waals surface area contributed by atoms with Crippen LogP contribution in [0.2, 0.25) is 0 Å². The molecule has 0 aliphatic carbocycles. The zero-order chi connectivity index (χ0) is 16.4. The van der Waals surface area contributed by atoms with Gasteiger partial charge in [0.15, 0.2) is 17.5 Å². The highest BCUT2D eigenvalue weighted by molar-refractivity contribution is 5.96. The van der Waals surface area contributed by atoms with Crippen LogP contribution in [0.5, 0.6) is 5.75 Å². The van der Waals surface area contributed by atoms with Gasteiger partial charge in [-0.3, -0.25) is 0 Å². The van der Waals surface area contributed by atoms with Crippen LogP contribution in [0.15, 0.2) is 6.20 Å². The monoisotopic (exact) mass is 316 g/mol. The van der Waals surface area contributed by atoms with E-state index in [0.29, 0.717) is 7.11 Å². The fourth-order valence-corrected chi connectivity index (χ4v) is 1.31. The standard InChI is InChI=1S/C9H5F5N2O5/c1-20-8(17)4-5(21-9(12,13)14)3(6(10)11)2-15-7(4)16(18)19/h2,6H,1H3. The van der Waals surface area contributed by atoms with Crippen LogP contribution in [0.25, 0.3) is 0 Å². The van der Waals surface area contributed by atoms with E-state index in [1.165, 1.54) is 0 Å². The Morgan fingerprint density at radius 1 is 1.43 bits per heavy atom. The fraction of sp³-hybridized carbons (Fsp3) is 0.333. The summed E-state index contributed by atoms with van der Waals surface area (Å²) in [6.07, 6.45) is -8.85. The maximum absolute atomic E-state index is 12.7. The van der Waals surface area contributed by atoms with Gasteiger partial charge in [0.1, 0.15) is 5.56 Å². The zero-order valence-corrected chi connectivity index (χ0v) is 9.98. The minimum absolute atomic E-state index is 0.121. The lowest BCUT2D eigenvalue weighted by Gasteiger charge is -2.14. The fourth-order valence-electron chi connectivity index (χ4n) is 1.31. The van der Waals surface area contributed by atoms with Gasteiger partial charge in [0, 0.05) is 0 Å². The number of alkyl halides is 5. The first kappa shape index (κ1) is 16.5. The topological polar surface area (TPSA) is 91.6 Å². The lowest BCUT2D eigenvalue weighted by molar-refractivity contribution is -0.390. The number of pyridine rings is 1. The molecule has 12 heteroatoms. The summed E-state index contributed by atoms with van der Waals surface area (Å²) in [5, 5.41) is 10.7. The number of hydrogen-bond donors (Lipinski definition) is 0. The molecular formula is C9H5F5N2O5. The van der Waals surface area contributed by atoms with Gasteiger partial charge in [-0.05, 0) is 9.91 Å². The minimum Gasteiger partial charge on any atom is -0.465 e. The highest BCUT2D eigenvalue weighted by Gasteiger charge is 2.40. The number of rotatable bonds is 4. The van der Waals surface area contributed by atoms with E-state index in [1.807, 2.05) is 0 Å². The molecular weight excluding hydrogens is 311 g/mol. The first-order valence-electron chi connectivity index (χ1n) is 4.88. The molecule has 7 nitrogen and oxygen atoms in total. The molecule has 1 aromatic rings. The molecule has 0 spiro atoms. The van der Waals surface area contributed by atoms with Gasteiger partial charge in [0.2, 0.25) is 0 Å². The van der Waals surface area contributed by atoms with Crippen molar-refractivity contribution in [1.29, 1.82) is 0 Å². The highest BCUT2D eigenvalue weighted by atomic mass is 19.4. The van der Waals surface area contributed by atoms with E-state index >= 15 is 0 Å². The van der Waals surface area contributed by atoms with Crippen LogP contribution in [0.4, 0.5) is 27.8 Å². The molecule has 0 saturated carbocycles. The molecule has 0 aliphatic rings. The molecule has 0 fully saturated rings. The SMILES string of the molecule is COC(=O)c1c([N+](=O)[O-])ncc(C(F)F)c1OC(F)(F)F. The minimum atomic E-state index is -5.46. The van der Waals surface area contributed by atoms with E-state index in [2.05, 4.69) is 14.5 Å². The van der Waals surface area contributed by atoms with Crippen LogP contribution in [0.1, 0.15) is 22.3 Å². The lowest BCUT2D eigenvalue weighted by atomic mass is 10.1. The lowest BCUT2D eigenvalue weighted by Crippen LogP contribution is -2.22. The van der Waals surface area contributed by atoms with Crippen molar-refractivity contribution in [3.8, 4) is 5.75 Å². The smallest absolute Gasteiger partial charge is 0.465 e. The Hall–Kier alpha value is -2.53.